The number of carbonyl (C=O) groups is 2. The minimum absolute atomic E-state index is 0.0273. The second-order valence-corrected chi connectivity index (χ2v) is 5.31. The molecular weight excluding hydrogens is 333 g/mol. The van der Waals surface area contributed by atoms with Gasteiger partial charge in [-0.1, -0.05) is 30.3 Å². The van der Waals surface area contributed by atoms with E-state index in [4.69, 9.17) is 0 Å². The van der Waals surface area contributed by atoms with Crippen molar-refractivity contribution in [3.8, 4) is 0 Å². The first-order valence-corrected chi connectivity index (χ1v) is 7.58. The lowest BCUT2D eigenvalue weighted by atomic mass is 10.1. The topological polar surface area (TPSA) is 49.4 Å². The maximum absolute atomic E-state index is 13.1. The van der Waals surface area contributed by atoms with Crippen molar-refractivity contribution in [3.05, 3.63) is 65.7 Å². The van der Waals surface area contributed by atoms with Crippen molar-refractivity contribution in [1.29, 1.82) is 0 Å². The third kappa shape index (κ3) is 4.82. The summed E-state index contributed by atoms with van der Waals surface area (Å²) in [6.45, 7) is 1.15. The second-order valence-electron chi connectivity index (χ2n) is 5.31. The molecule has 0 aliphatic rings. The fraction of sp³-hybridized carbons (Fsp3) is 0.222. The molecule has 0 spiro atoms. The molecule has 0 saturated heterocycles. The highest BCUT2D eigenvalue weighted by Gasteiger charge is 2.35. The van der Waals surface area contributed by atoms with E-state index in [9.17, 15) is 22.8 Å². The number of benzene rings is 2. The number of nitrogens with zero attached hydrogens (tertiary/aromatic N) is 1. The van der Waals surface area contributed by atoms with E-state index in [1.165, 1.54) is 25.1 Å². The molecule has 7 heteroatoms. The van der Waals surface area contributed by atoms with Crippen molar-refractivity contribution < 1.29 is 22.8 Å². The van der Waals surface area contributed by atoms with Crippen LogP contribution < -0.4 is 10.2 Å². The van der Waals surface area contributed by atoms with Gasteiger partial charge in [-0.15, -0.1) is 0 Å². The number of carbonyl (C=O) groups excluding carboxylic acids is 2. The molecule has 2 rings (SSSR count). The molecule has 0 saturated carbocycles. The van der Waals surface area contributed by atoms with Crippen molar-refractivity contribution in [2.24, 2.45) is 0 Å². The summed E-state index contributed by atoms with van der Waals surface area (Å²) < 4.78 is 39.4. The number of nitrogens with one attached hydrogen (secondary N) is 1. The van der Waals surface area contributed by atoms with Crippen LogP contribution in [0.15, 0.2) is 54.6 Å². The summed E-state index contributed by atoms with van der Waals surface area (Å²) in [7, 11) is 0. The fourth-order valence-corrected chi connectivity index (χ4v) is 2.37. The molecule has 4 nitrogen and oxygen atoms in total. The molecule has 132 valence electrons. The predicted octanol–water partition coefficient (Wildman–Crippen LogP) is 3.49. The first-order valence-electron chi connectivity index (χ1n) is 7.58. The van der Waals surface area contributed by atoms with Crippen molar-refractivity contribution in [2.75, 3.05) is 18.0 Å². The highest BCUT2D eigenvalue weighted by Crippen LogP contribution is 2.36. The number of rotatable bonds is 5. The third-order valence-electron chi connectivity index (χ3n) is 3.54. The van der Waals surface area contributed by atoms with Crippen LogP contribution in [-0.4, -0.2) is 24.9 Å². The van der Waals surface area contributed by atoms with Crippen molar-refractivity contribution in [1.82, 2.24) is 5.32 Å². The minimum Gasteiger partial charge on any atom is -0.350 e. The Kier molecular flexibility index (Phi) is 5.80. The van der Waals surface area contributed by atoms with E-state index < -0.39 is 17.6 Å². The molecule has 0 unspecified atom stereocenters. The Balaban J connectivity index is 2.10. The number of alkyl halides is 3. The molecule has 0 radical (unpaired) electrons. The van der Waals surface area contributed by atoms with Crippen molar-refractivity contribution >= 4 is 17.5 Å². The number of anilines is 1. The predicted molar refractivity (Wildman–Crippen MR) is 88.2 cm³/mol. The van der Waals surface area contributed by atoms with Gasteiger partial charge in [0.1, 0.15) is 0 Å². The average molecular weight is 350 g/mol. The summed E-state index contributed by atoms with van der Waals surface area (Å²) in [5, 5.41) is 2.60. The van der Waals surface area contributed by atoms with Gasteiger partial charge in [-0.2, -0.15) is 13.2 Å². The summed E-state index contributed by atoms with van der Waals surface area (Å²) in [6, 6.07) is 13.3. The van der Waals surface area contributed by atoms with E-state index in [0.717, 1.165) is 11.0 Å². The van der Waals surface area contributed by atoms with Gasteiger partial charge in [0.2, 0.25) is 5.91 Å². The first-order chi connectivity index (χ1) is 11.8. The van der Waals surface area contributed by atoms with E-state index in [-0.39, 0.29) is 24.7 Å². The normalized spacial score (nSPS) is 11.0. The van der Waals surface area contributed by atoms with Gasteiger partial charge in [-0.05, 0) is 24.3 Å². The van der Waals surface area contributed by atoms with Crippen LogP contribution in [-0.2, 0) is 11.0 Å². The van der Waals surface area contributed by atoms with Gasteiger partial charge < -0.3 is 10.2 Å². The first kappa shape index (κ1) is 18.5. The highest BCUT2D eigenvalue weighted by atomic mass is 19.4. The molecule has 1 N–H and O–H groups in total. The van der Waals surface area contributed by atoms with Crippen LogP contribution in [0, 0.1) is 0 Å². The molecule has 0 atom stereocenters. The summed E-state index contributed by atoms with van der Waals surface area (Å²) in [5.74, 6) is -0.890. The number of para-hydroxylation sites is 1. The maximum atomic E-state index is 13.1. The zero-order chi connectivity index (χ0) is 18.4. The third-order valence-corrected chi connectivity index (χ3v) is 3.54. The molecule has 0 aromatic heterocycles. The summed E-state index contributed by atoms with van der Waals surface area (Å²) in [5.41, 5.74) is -0.677. The zero-order valence-electron chi connectivity index (χ0n) is 13.5. The molecule has 0 fully saturated rings. The molecule has 2 aromatic carbocycles. The van der Waals surface area contributed by atoms with Crippen molar-refractivity contribution in [2.45, 2.75) is 13.1 Å². The molecule has 0 heterocycles. The van der Waals surface area contributed by atoms with Gasteiger partial charge in [0.15, 0.2) is 0 Å². The number of hydrogen-bond donors (Lipinski definition) is 1. The summed E-state index contributed by atoms with van der Waals surface area (Å²) >= 11 is 0. The smallest absolute Gasteiger partial charge is 0.350 e. The van der Waals surface area contributed by atoms with E-state index in [1.807, 2.05) is 0 Å². The quantitative estimate of drug-likeness (QED) is 0.897. The van der Waals surface area contributed by atoms with Crippen LogP contribution >= 0.6 is 0 Å². The lowest BCUT2D eigenvalue weighted by Crippen LogP contribution is -2.38. The minimum atomic E-state index is -4.57. The summed E-state index contributed by atoms with van der Waals surface area (Å²) in [6.07, 6.45) is -4.57. The van der Waals surface area contributed by atoms with Crippen LogP contribution in [0.5, 0.6) is 0 Å². The van der Waals surface area contributed by atoms with Crippen LogP contribution in [0.2, 0.25) is 0 Å². The molecule has 2 aromatic rings. The number of hydrogen-bond acceptors (Lipinski definition) is 2. The molecule has 2 amide bonds. The Morgan fingerprint density at radius 2 is 1.60 bits per heavy atom. The van der Waals surface area contributed by atoms with Gasteiger partial charge in [-0.25, -0.2) is 0 Å². The van der Waals surface area contributed by atoms with E-state index in [2.05, 4.69) is 5.32 Å². The molecular formula is C18H17F3N2O2. The molecule has 0 aliphatic heterocycles. The van der Waals surface area contributed by atoms with Crippen LogP contribution in [0.1, 0.15) is 22.8 Å². The Labute approximate surface area is 143 Å². The molecule has 0 bridgehead atoms. The number of halogens is 3. The monoisotopic (exact) mass is 350 g/mol. The zero-order valence-corrected chi connectivity index (χ0v) is 13.5. The van der Waals surface area contributed by atoms with Gasteiger partial charge in [0.05, 0.1) is 11.3 Å². The van der Waals surface area contributed by atoms with Crippen LogP contribution in [0.3, 0.4) is 0 Å². The van der Waals surface area contributed by atoms with E-state index in [0.29, 0.717) is 5.56 Å². The Morgan fingerprint density at radius 3 is 2.20 bits per heavy atom. The van der Waals surface area contributed by atoms with E-state index in [1.54, 1.807) is 30.3 Å². The largest absolute Gasteiger partial charge is 0.418 e. The average Bonchev–Trinajstić information content (AvgIpc) is 2.58. The fourth-order valence-electron chi connectivity index (χ4n) is 2.37. The van der Waals surface area contributed by atoms with Crippen LogP contribution in [0.25, 0.3) is 0 Å². The second kappa shape index (κ2) is 7.83. The van der Waals surface area contributed by atoms with Gasteiger partial charge in [-0.3, -0.25) is 9.59 Å². The van der Waals surface area contributed by atoms with Gasteiger partial charge >= 0.3 is 6.18 Å². The van der Waals surface area contributed by atoms with Gasteiger partial charge in [0.25, 0.3) is 5.91 Å². The van der Waals surface area contributed by atoms with Crippen LogP contribution in [0.4, 0.5) is 18.9 Å². The number of amides is 2. The van der Waals surface area contributed by atoms with E-state index >= 15 is 0 Å². The summed E-state index contributed by atoms with van der Waals surface area (Å²) in [4.78, 5) is 24.8. The van der Waals surface area contributed by atoms with Crippen molar-refractivity contribution in [3.63, 3.8) is 0 Å². The molecule has 25 heavy (non-hydrogen) atoms. The highest BCUT2D eigenvalue weighted by molar-refractivity contribution is 5.95. The Bertz CT molecular complexity index is 745. The lowest BCUT2D eigenvalue weighted by molar-refractivity contribution is -0.137. The Hall–Kier alpha value is -2.83. The Morgan fingerprint density at radius 1 is 1.00 bits per heavy atom. The standard InChI is InChI=1S/C18H17F3N2O2/c1-13(24)23(16-10-6-5-9-15(16)18(19,20)21)12-11-22-17(25)14-7-3-2-4-8-14/h2-10H,11-12H2,1H3,(H,22,25). The lowest BCUT2D eigenvalue weighted by Gasteiger charge is -2.25. The molecule has 0 aliphatic carbocycles. The maximum Gasteiger partial charge on any atom is 0.418 e. The van der Waals surface area contributed by atoms with Gasteiger partial charge in [0, 0.05) is 25.6 Å². The SMILES string of the molecule is CC(=O)N(CCNC(=O)c1ccccc1)c1ccccc1C(F)(F)F.